The highest BCUT2D eigenvalue weighted by atomic mass is 35.5. The summed E-state index contributed by atoms with van der Waals surface area (Å²) in [6, 6.07) is 5.81. The highest BCUT2D eigenvalue weighted by molar-refractivity contribution is 6.34. The number of pyridine rings is 1. The van der Waals surface area contributed by atoms with Gasteiger partial charge >= 0.3 is 5.97 Å². The number of nitrogens with one attached hydrogen (secondary N) is 1. The first-order chi connectivity index (χ1) is 10.0. The average molecular weight is 307 g/mol. The normalized spacial score (nSPS) is 10.0. The second-order valence-electron chi connectivity index (χ2n) is 4.03. The van der Waals surface area contributed by atoms with E-state index in [0.29, 0.717) is 5.56 Å². The minimum absolute atomic E-state index is 0.0816. The van der Waals surface area contributed by atoms with Gasteiger partial charge in [0.15, 0.2) is 0 Å². The summed E-state index contributed by atoms with van der Waals surface area (Å²) < 4.78 is 4.99. The predicted octanol–water partition coefficient (Wildman–Crippen LogP) is 2.69. The standard InChI is InChI=1S/C14H11ClN2O4/c1-21-12-6-11(10(15)5-9(12)14(19)20)17-13(18)8-3-2-4-16-7-8/h2-7H,1H3,(H,17,18)(H,19,20). The Labute approximate surface area is 125 Å². The molecular weight excluding hydrogens is 296 g/mol. The number of carbonyl (C=O) groups is 2. The number of methoxy groups -OCH3 is 1. The minimum atomic E-state index is -1.17. The van der Waals surface area contributed by atoms with Crippen LogP contribution in [0.1, 0.15) is 20.7 Å². The number of carboxylic acid groups (broad SMARTS) is 1. The average Bonchev–Trinajstić information content (AvgIpc) is 2.49. The van der Waals surface area contributed by atoms with Gasteiger partial charge in [-0.15, -0.1) is 0 Å². The van der Waals surface area contributed by atoms with E-state index in [1.807, 2.05) is 0 Å². The van der Waals surface area contributed by atoms with Crippen LogP contribution in [0.25, 0.3) is 0 Å². The molecule has 0 spiro atoms. The Morgan fingerprint density at radius 2 is 2.14 bits per heavy atom. The van der Waals surface area contributed by atoms with Crippen LogP contribution in [0.2, 0.25) is 5.02 Å². The number of aromatic carboxylic acids is 1. The molecule has 108 valence electrons. The number of benzene rings is 1. The van der Waals surface area contributed by atoms with Gasteiger partial charge in [0.2, 0.25) is 0 Å². The third-order valence-corrected chi connectivity index (χ3v) is 3.00. The van der Waals surface area contributed by atoms with Crippen LogP contribution in [0.15, 0.2) is 36.7 Å². The van der Waals surface area contributed by atoms with Crippen LogP contribution in [0.4, 0.5) is 5.69 Å². The molecule has 7 heteroatoms. The van der Waals surface area contributed by atoms with Gasteiger partial charge in [0.1, 0.15) is 11.3 Å². The third-order valence-electron chi connectivity index (χ3n) is 2.69. The lowest BCUT2D eigenvalue weighted by atomic mass is 10.1. The number of rotatable bonds is 4. The Balaban J connectivity index is 2.33. The number of aromatic nitrogens is 1. The Hall–Kier alpha value is -2.60. The molecule has 6 nitrogen and oxygen atoms in total. The van der Waals surface area contributed by atoms with Crippen LogP contribution in [0, 0.1) is 0 Å². The zero-order valence-electron chi connectivity index (χ0n) is 11.0. The van der Waals surface area contributed by atoms with Crippen LogP contribution >= 0.6 is 11.6 Å². The van der Waals surface area contributed by atoms with E-state index in [1.54, 1.807) is 18.3 Å². The maximum atomic E-state index is 12.0. The number of hydrogen-bond donors (Lipinski definition) is 2. The number of nitrogens with zero attached hydrogens (tertiary/aromatic N) is 1. The third kappa shape index (κ3) is 3.29. The molecule has 0 aliphatic heterocycles. The molecule has 0 aliphatic rings. The van der Waals surface area contributed by atoms with Crippen LogP contribution < -0.4 is 10.1 Å². The number of carboxylic acids is 1. The van der Waals surface area contributed by atoms with Crippen LogP contribution in [0.3, 0.4) is 0 Å². The van der Waals surface area contributed by atoms with Gasteiger partial charge in [0.05, 0.1) is 23.4 Å². The lowest BCUT2D eigenvalue weighted by Crippen LogP contribution is -2.13. The van der Waals surface area contributed by atoms with Crippen molar-refractivity contribution in [2.45, 2.75) is 0 Å². The molecular formula is C14H11ClN2O4. The summed E-state index contributed by atoms with van der Waals surface area (Å²) in [7, 11) is 1.34. The summed E-state index contributed by atoms with van der Waals surface area (Å²) in [5, 5.41) is 11.7. The molecule has 0 atom stereocenters. The van der Waals surface area contributed by atoms with E-state index < -0.39 is 11.9 Å². The Kier molecular flexibility index (Phi) is 4.39. The number of carbonyl (C=O) groups excluding carboxylic acids is 1. The number of ether oxygens (including phenoxy) is 1. The van der Waals surface area contributed by atoms with Crippen molar-refractivity contribution in [1.82, 2.24) is 4.98 Å². The van der Waals surface area contributed by atoms with Crippen molar-refractivity contribution in [3.05, 3.63) is 52.8 Å². The quantitative estimate of drug-likeness (QED) is 0.906. The predicted molar refractivity (Wildman–Crippen MR) is 77.2 cm³/mol. The smallest absolute Gasteiger partial charge is 0.339 e. The summed E-state index contributed by atoms with van der Waals surface area (Å²) in [5.41, 5.74) is 0.532. The molecule has 2 rings (SSSR count). The van der Waals surface area contributed by atoms with E-state index in [-0.39, 0.29) is 22.0 Å². The molecule has 0 fully saturated rings. The van der Waals surface area contributed by atoms with E-state index in [1.165, 1.54) is 25.4 Å². The van der Waals surface area contributed by atoms with Crippen molar-refractivity contribution in [1.29, 1.82) is 0 Å². The van der Waals surface area contributed by atoms with Gasteiger partial charge in [-0.1, -0.05) is 11.6 Å². The van der Waals surface area contributed by atoms with Crippen LogP contribution in [-0.4, -0.2) is 29.1 Å². The molecule has 21 heavy (non-hydrogen) atoms. The maximum absolute atomic E-state index is 12.0. The summed E-state index contributed by atoms with van der Waals surface area (Å²) in [5.74, 6) is -1.47. The van der Waals surface area contributed by atoms with Crippen LogP contribution in [0.5, 0.6) is 5.75 Å². The van der Waals surface area contributed by atoms with Crippen molar-refractivity contribution < 1.29 is 19.4 Å². The summed E-state index contributed by atoms with van der Waals surface area (Å²) in [6.45, 7) is 0. The second-order valence-corrected chi connectivity index (χ2v) is 4.44. The monoisotopic (exact) mass is 306 g/mol. The van der Waals surface area contributed by atoms with Gasteiger partial charge < -0.3 is 15.2 Å². The van der Waals surface area contributed by atoms with E-state index in [4.69, 9.17) is 21.4 Å². The zero-order valence-corrected chi connectivity index (χ0v) is 11.7. The fourth-order valence-corrected chi connectivity index (χ4v) is 1.89. The lowest BCUT2D eigenvalue weighted by Gasteiger charge is -2.11. The first-order valence-corrected chi connectivity index (χ1v) is 6.23. The molecule has 0 saturated heterocycles. The topological polar surface area (TPSA) is 88.5 Å². The number of halogens is 1. The highest BCUT2D eigenvalue weighted by Gasteiger charge is 2.16. The molecule has 0 aliphatic carbocycles. The van der Waals surface area contributed by atoms with Crippen molar-refractivity contribution in [3.63, 3.8) is 0 Å². The van der Waals surface area contributed by atoms with Gasteiger partial charge in [-0.2, -0.15) is 0 Å². The van der Waals surface area contributed by atoms with Gasteiger partial charge in [-0.25, -0.2) is 4.79 Å². The van der Waals surface area contributed by atoms with E-state index in [2.05, 4.69) is 10.3 Å². The molecule has 1 heterocycles. The molecule has 0 unspecified atom stereocenters. The van der Waals surface area contributed by atoms with E-state index in [9.17, 15) is 9.59 Å². The molecule has 1 amide bonds. The second kappa shape index (κ2) is 6.23. The summed E-state index contributed by atoms with van der Waals surface area (Å²) >= 11 is 5.98. The fourth-order valence-electron chi connectivity index (χ4n) is 1.68. The Bertz CT molecular complexity index is 689. The highest BCUT2D eigenvalue weighted by Crippen LogP contribution is 2.31. The van der Waals surface area contributed by atoms with Gasteiger partial charge in [-0.3, -0.25) is 9.78 Å². The Morgan fingerprint density at radius 3 is 2.71 bits per heavy atom. The molecule has 1 aromatic heterocycles. The molecule has 1 aromatic carbocycles. The van der Waals surface area contributed by atoms with Gasteiger partial charge in [-0.05, 0) is 18.2 Å². The molecule has 0 radical (unpaired) electrons. The number of amides is 1. The van der Waals surface area contributed by atoms with Crippen molar-refractivity contribution in [3.8, 4) is 5.75 Å². The minimum Gasteiger partial charge on any atom is -0.496 e. The molecule has 0 saturated carbocycles. The van der Waals surface area contributed by atoms with E-state index in [0.717, 1.165) is 0 Å². The molecule has 2 N–H and O–H groups in total. The van der Waals surface area contributed by atoms with Gasteiger partial charge in [0.25, 0.3) is 5.91 Å². The number of anilines is 1. The maximum Gasteiger partial charge on any atom is 0.339 e. The molecule has 0 bridgehead atoms. The number of hydrogen-bond acceptors (Lipinski definition) is 4. The first kappa shape index (κ1) is 14.8. The van der Waals surface area contributed by atoms with Crippen LogP contribution in [-0.2, 0) is 0 Å². The largest absolute Gasteiger partial charge is 0.496 e. The summed E-state index contributed by atoms with van der Waals surface area (Å²) in [4.78, 5) is 26.9. The lowest BCUT2D eigenvalue weighted by molar-refractivity contribution is 0.0693. The van der Waals surface area contributed by atoms with Crippen molar-refractivity contribution in [2.24, 2.45) is 0 Å². The Morgan fingerprint density at radius 1 is 1.38 bits per heavy atom. The first-order valence-electron chi connectivity index (χ1n) is 5.85. The van der Waals surface area contributed by atoms with Crippen molar-refractivity contribution in [2.75, 3.05) is 12.4 Å². The zero-order chi connectivity index (χ0) is 15.4. The molecule has 2 aromatic rings. The van der Waals surface area contributed by atoms with Crippen molar-refractivity contribution >= 4 is 29.2 Å². The van der Waals surface area contributed by atoms with Gasteiger partial charge in [0, 0.05) is 18.5 Å². The van der Waals surface area contributed by atoms with E-state index >= 15 is 0 Å². The fraction of sp³-hybridized carbons (Fsp3) is 0.0714. The summed E-state index contributed by atoms with van der Waals surface area (Å²) in [6.07, 6.45) is 2.96. The SMILES string of the molecule is COc1cc(NC(=O)c2cccnc2)c(Cl)cc1C(=O)O.